The number of amides is 1. The molecule has 3 rings (SSSR count). The molecule has 2 aromatic carbocycles. The molecule has 7 heteroatoms. The van der Waals surface area contributed by atoms with Crippen LogP contribution >= 0.6 is 19.4 Å². The van der Waals surface area contributed by atoms with Gasteiger partial charge in [0, 0.05) is 16.0 Å². The summed E-state index contributed by atoms with van der Waals surface area (Å²) >= 11 is 1.61. The van der Waals surface area contributed by atoms with Gasteiger partial charge >= 0.3 is 8.03 Å². The number of nitrogen functional groups attached to an aromatic ring is 1. The lowest BCUT2D eigenvalue weighted by Crippen LogP contribution is -2.13. The monoisotopic (exact) mass is 371 g/mol. The largest absolute Gasteiger partial charge is 0.510 e. The van der Waals surface area contributed by atoms with Crippen molar-refractivity contribution in [2.24, 2.45) is 0 Å². The molecule has 5 nitrogen and oxygen atoms in total. The number of hydrogen-bond acceptors (Lipinski definition) is 4. The standard InChI is InChI=1S/C18H15N2O3PS/c19-15-8-7-14(17-2-1-9-25-17)10-16(15)20-18(21)13-5-3-12(4-6-13)11-24(22)23/h1-10H,11,19H2,(H-,20,21,22,23)/p+1. The van der Waals surface area contributed by atoms with Crippen molar-refractivity contribution in [3.05, 3.63) is 71.1 Å². The van der Waals surface area contributed by atoms with Gasteiger partial charge in [0.25, 0.3) is 5.91 Å². The molecule has 0 radical (unpaired) electrons. The molecule has 0 saturated heterocycles. The molecule has 1 unspecified atom stereocenters. The van der Waals surface area contributed by atoms with E-state index in [9.17, 15) is 9.36 Å². The van der Waals surface area contributed by atoms with Crippen LogP contribution in [0.2, 0.25) is 0 Å². The predicted octanol–water partition coefficient (Wildman–Crippen LogP) is 4.48. The predicted molar refractivity (Wildman–Crippen MR) is 102 cm³/mol. The quantitative estimate of drug-likeness (QED) is 0.455. The molecule has 126 valence electrons. The molecule has 1 atom stereocenters. The van der Waals surface area contributed by atoms with Crippen LogP contribution in [0.4, 0.5) is 11.4 Å². The zero-order chi connectivity index (χ0) is 17.8. The minimum Gasteiger partial charge on any atom is -0.397 e. The molecular weight excluding hydrogens is 355 g/mol. The summed E-state index contributed by atoms with van der Waals surface area (Å²) < 4.78 is 10.9. The molecular formula is C18H16N2O3PS+. The van der Waals surface area contributed by atoms with Gasteiger partial charge in [0.15, 0.2) is 0 Å². The Morgan fingerprint density at radius 1 is 1.16 bits per heavy atom. The van der Waals surface area contributed by atoms with E-state index in [-0.39, 0.29) is 12.1 Å². The van der Waals surface area contributed by atoms with Gasteiger partial charge in [-0.25, -0.2) is 0 Å². The number of rotatable bonds is 5. The lowest BCUT2D eigenvalue weighted by atomic mass is 10.1. The van der Waals surface area contributed by atoms with Crippen LogP contribution in [-0.4, -0.2) is 10.8 Å². The molecule has 0 aliphatic rings. The Morgan fingerprint density at radius 3 is 2.56 bits per heavy atom. The van der Waals surface area contributed by atoms with Crippen LogP contribution in [0.3, 0.4) is 0 Å². The molecule has 1 amide bonds. The molecule has 0 spiro atoms. The zero-order valence-corrected chi connectivity index (χ0v) is 14.9. The van der Waals surface area contributed by atoms with Crippen molar-refractivity contribution in [2.75, 3.05) is 11.1 Å². The van der Waals surface area contributed by atoms with Crippen LogP contribution in [0.5, 0.6) is 0 Å². The average molecular weight is 371 g/mol. The second-order valence-electron chi connectivity index (χ2n) is 5.44. The number of carbonyl (C=O) groups is 1. The number of hydrogen-bond donors (Lipinski definition) is 3. The van der Waals surface area contributed by atoms with E-state index >= 15 is 0 Å². The third kappa shape index (κ3) is 4.31. The molecule has 0 fully saturated rings. The van der Waals surface area contributed by atoms with Crippen LogP contribution in [0, 0.1) is 0 Å². The second-order valence-corrected chi connectivity index (χ2v) is 7.41. The van der Waals surface area contributed by atoms with Gasteiger partial charge in [-0.15, -0.1) is 11.3 Å². The summed E-state index contributed by atoms with van der Waals surface area (Å²) in [5.41, 5.74) is 9.17. The lowest BCUT2D eigenvalue weighted by molar-refractivity contribution is 0.102. The minimum atomic E-state index is -2.23. The van der Waals surface area contributed by atoms with Gasteiger partial charge in [-0.1, -0.05) is 24.3 Å². The topological polar surface area (TPSA) is 92.4 Å². The molecule has 1 aromatic heterocycles. The van der Waals surface area contributed by atoms with Gasteiger partial charge < -0.3 is 11.1 Å². The zero-order valence-electron chi connectivity index (χ0n) is 13.2. The maximum absolute atomic E-state index is 12.4. The minimum absolute atomic E-state index is 0.0764. The van der Waals surface area contributed by atoms with Crippen LogP contribution in [-0.2, 0) is 10.7 Å². The molecule has 1 heterocycles. The number of benzene rings is 2. The van der Waals surface area contributed by atoms with Crippen LogP contribution in [0.15, 0.2) is 60.0 Å². The van der Waals surface area contributed by atoms with Gasteiger partial charge in [-0.2, -0.15) is 4.89 Å². The normalized spacial score (nSPS) is 11.2. The highest BCUT2D eigenvalue weighted by Crippen LogP contribution is 2.30. The van der Waals surface area contributed by atoms with E-state index in [1.165, 1.54) is 0 Å². The lowest BCUT2D eigenvalue weighted by Gasteiger charge is -2.10. The second kappa shape index (κ2) is 7.57. The summed E-state index contributed by atoms with van der Waals surface area (Å²) in [5.74, 6) is -0.282. The summed E-state index contributed by atoms with van der Waals surface area (Å²) in [6.45, 7) is 0. The van der Waals surface area contributed by atoms with Gasteiger partial charge in [0.2, 0.25) is 6.16 Å². The van der Waals surface area contributed by atoms with E-state index in [4.69, 9.17) is 10.6 Å². The third-order valence-corrected chi connectivity index (χ3v) is 5.20. The van der Waals surface area contributed by atoms with Crippen molar-refractivity contribution in [3.63, 3.8) is 0 Å². The van der Waals surface area contributed by atoms with Gasteiger partial charge in [0.1, 0.15) is 0 Å². The molecule has 4 N–H and O–H groups in total. The van der Waals surface area contributed by atoms with Crippen molar-refractivity contribution in [1.29, 1.82) is 0 Å². The van der Waals surface area contributed by atoms with E-state index in [1.807, 2.05) is 29.6 Å². The first-order valence-corrected chi connectivity index (χ1v) is 9.78. The van der Waals surface area contributed by atoms with E-state index in [0.29, 0.717) is 22.5 Å². The van der Waals surface area contributed by atoms with Crippen LogP contribution < -0.4 is 11.1 Å². The highest BCUT2D eigenvalue weighted by atomic mass is 32.1. The van der Waals surface area contributed by atoms with Gasteiger partial charge in [-0.05, 0) is 45.8 Å². The third-order valence-electron chi connectivity index (χ3n) is 3.64. The highest BCUT2D eigenvalue weighted by molar-refractivity contribution is 7.37. The van der Waals surface area contributed by atoms with E-state index in [1.54, 1.807) is 41.7 Å². The summed E-state index contributed by atoms with van der Waals surface area (Å²) in [7, 11) is -2.23. The summed E-state index contributed by atoms with van der Waals surface area (Å²) in [5, 5.41) is 4.81. The van der Waals surface area contributed by atoms with E-state index in [0.717, 1.165) is 10.4 Å². The summed E-state index contributed by atoms with van der Waals surface area (Å²) in [6.07, 6.45) is 0.0764. The van der Waals surface area contributed by atoms with Crippen molar-refractivity contribution in [3.8, 4) is 10.4 Å². The van der Waals surface area contributed by atoms with Crippen LogP contribution in [0.1, 0.15) is 15.9 Å². The van der Waals surface area contributed by atoms with E-state index in [2.05, 4.69) is 5.32 Å². The van der Waals surface area contributed by atoms with Gasteiger partial charge in [-0.3, -0.25) is 4.79 Å². The summed E-state index contributed by atoms with van der Waals surface area (Å²) in [4.78, 5) is 22.5. The van der Waals surface area contributed by atoms with E-state index < -0.39 is 8.03 Å². The smallest absolute Gasteiger partial charge is 0.397 e. The molecule has 3 aromatic rings. The van der Waals surface area contributed by atoms with Crippen molar-refractivity contribution < 1.29 is 14.3 Å². The van der Waals surface area contributed by atoms with Crippen molar-refractivity contribution in [2.45, 2.75) is 6.16 Å². The van der Waals surface area contributed by atoms with Crippen LogP contribution in [0.25, 0.3) is 10.4 Å². The summed E-state index contributed by atoms with van der Waals surface area (Å²) in [6, 6.07) is 16.1. The number of carbonyl (C=O) groups excluding carboxylic acids is 1. The Balaban J connectivity index is 1.78. The molecule has 25 heavy (non-hydrogen) atoms. The fraction of sp³-hybridized carbons (Fsp3) is 0.0556. The Hall–Kier alpha value is -2.53. The number of thiophene rings is 1. The highest BCUT2D eigenvalue weighted by Gasteiger charge is 2.13. The molecule has 0 aliphatic heterocycles. The Kier molecular flexibility index (Phi) is 5.24. The molecule has 0 aliphatic carbocycles. The van der Waals surface area contributed by atoms with Gasteiger partial charge in [0.05, 0.1) is 11.4 Å². The SMILES string of the molecule is Nc1ccc(-c2cccs2)cc1NC(=O)c1ccc(C[P+](=O)O)cc1. The van der Waals surface area contributed by atoms with Crippen molar-refractivity contribution >= 4 is 36.6 Å². The number of anilines is 2. The first-order valence-electron chi connectivity index (χ1n) is 7.50. The Bertz CT molecular complexity index is 909. The first kappa shape index (κ1) is 17.3. The maximum Gasteiger partial charge on any atom is 0.510 e. The number of nitrogens with one attached hydrogen (secondary N) is 1. The molecule has 0 saturated carbocycles. The Morgan fingerprint density at radius 2 is 1.92 bits per heavy atom. The fourth-order valence-corrected chi connectivity index (χ4v) is 3.62. The maximum atomic E-state index is 12.4. The fourth-order valence-electron chi connectivity index (χ4n) is 2.37. The van der Waals surface area contributed by atoms with Crippen molar-refractivity contribution in [1.82, 2.24) is 0 Å². The number of nitrogens with two attached hydrogens (primary N) is 1. The molecule has 0 bridgehead atoms. The average Bonchev–Trinajstić information content (AvgIpc) is 3.11. The Labute approximate surface area is 150 Å². The first-order chi connectivity index (χ1) is 12.0.